The van der Waals surface area contributed by atoms with Crippen LogP contribution in [-0.4, -0.2) is 50.1 Å². The molecule has 0 heterocycles. The van der Waals surface area contributed by atoms with E-state index in [1.54, 1.807) is 26.2 Å². The van der Waals surface area contributed by atoms with E-state index >= 15 is 0 Å². The molecule has 0 spiro atoms. The average Bonchev–Trinajstić information content (AvgIpc) is 2.77. The van der Waals surface area contributed by atoms with E-state index in [1.165, 1.54) is 12.1 Å². The Balaban J connectivity index is 1.97. The summed E-state index contributed by atoms with van der Waals surface area (Å²) in [6.07, 6.45) is 0.852. The fourth-order valence-corrected chi connectivity index (χ4v) is 3.46. The molecule has 0 aliphatic rings. The highest BCUT2D eigenvalue weighted by Crippen LogP contribution is 2.31. The maximum Gasteiger partial charge on any atom is 0.223 e. The molecule has 1 amide bonds. The van der Waals surface area contributed by atoms with Gasteiger partial charge in [0.1, 0.15) is 11.6 Å². The van der Waals surface area contributed by atoms with Crippen LogP contribution in [-0.2, 0) is 20.9 Å². The lowest BCUT2D eigenvalue weighted by molar-refractivity contribution is -0.125. The molecule has 0 aromatic heterocycles. The molecule has 2 rings (SSSR count). The van der Waals surface area contributed by atoms with Gasteiger partial charge in [-0.2, -0.15) is 0 Å². The van der Waals surface area contributed by atoms with Crippen LogP contribution in [0.25, 0.3) is 11.1 Å². The third-order valence-corrected chi connectivity index (χ3v) is 5.35. The molecule has 3 atom stereocenters. The van der Waals surface area contributed by atoms with E-state index in [1.807, 2.05) is 18.2 Å². The number of hydrogen-bond acceptors (Lipinski definition) is 6. The van der Waals surface area contributed by atoms with Crippen LogP contribution >= 0.6 is 0 Å². The topological polar surface area (TPSA) is 117 Å². The molecule has 182 valence electrons. The zero-order valence-corrected chi connectivity index (χ0v) is 19.3. The maximum atomic E-state index is 13.3. The number of rotatable bonds is 15. The van der Waals surface area contributed by atoms with Crippen molar-refractivity contribution in [1.82, 2.24) is 0 Å². The maximum absolute atomic E-state index is 13.3. The third kappa shape index (κ3) is 9.09. The Morgan fingerprint density at radius 2 is 1.85 bits per heavy atom. The van der Waals surface area contributed by atoms with Crippen LogP contribution in [0.15, 0.2) is 42.5 Å². The van der Waals surface area contributed by atoms with Crippen LogP contribution in [0.5, 0.6) is 5.75 Å². The molecular formula is C25H35FN2O5. The van der Waals surface area contributed by atoms with Crippen molar-refractivity contribution in [2.75, 3.05) is 26.9 Å². The number of hydrogen-bond donors (Lipinski definition) is 3. The van der Waals surface area contributed by atoms with Crippen LogP contribution in [0.1, 0.15) is 31.7 Å². The number of nitrogens with two attached hydrogens (primary N) is 2. The minimum atomic E-state index is -0.808. The van der Waals surface area contributed by atoms with Gasteiger partial charge in [-0.05, 0) is 49.1 Å². The van der Waals surface area contributed by atoms with Gasteiger partial charge in [0, 0.05) is 31.7 Å². The van der Waals surface area contributed by atoms with E-state index in [9.17, 15) is 14.3 Å². The lowest BCUT2D eigenvalue weighted by Gasteiger charge is -2.19. The van der Waals surface area contributed by atoms with Crippen molar-refractivity contribution in [3.8, 4) is 16.9 Å². The molecule has 0 fully saturated rings. The van der Waals surface area contributed by atoms with Gasteiger partial charge in [-0.1, -0.05) is 24.3 Å². The zero-order valence-electron chi connectivity index (χ0n) is 19.3. The first kappa shape index (κ1) is 26.7. The first-order valence-electron chi connectivity index (χ1n) is 11.1. The van der Waals surface area contributed by atoms with Gasteiger partial charge in [-0.25, -0.2) is 4.39 Å². The summed E-state index contributed by atoms with van der Waals surface area (Å²) in [6.45, 7) is 3.26. The quantitative estimate of drug-likeness (QED) is 0.350. The van der Waals surface area contributed by atoms with Crippen molar-refractivity contribution in [2.45, 2.75) is 44.9 Å². The SMILES string of the molecule is COCCCOc1cc(COCC(N)CC[C@H](C(N)=O)C(C)O)ccc1-c1ccc(F)cc1. The molecule has 0 aliphatic carbocycles. The average molecular weight is 463 g/mol. The largest absolute Gasteiger partial charge is 0.493 e. The van der Waals surface area contributed by atoms with E-state index in [0.29, 0.717) is 45.0 Å². The van der Waals surface area contributed by atoms with Crippen molar-refractivity contribution in [3.05, 3.63) is 53.8 Å². The molecule has 2 unspecified atom stereocenters. The summed E-state index contributed by atoms with van der Waals surface area (Å²) in [7, 11) is 1.64. The zero-order chi connectivity index (χ0) is 24.2. The first-order chi connectivity index (χ1) is 15.8. The summed E-state index contributed by atoms with van der Waals surface area (Å²) in [5, 5.41) is 9.65. The molecule has 0 radical (unpaired) electrons. The minimum Gasteiger partial charge on any atom is -0.493 e. The first-order valence-corrected chi connectivity index (χ1v) is 11.1. The Labute approximate surface area is 194 Å². The Morgan fingerprint density at radius 3 is 2.48 bits per heavy atom. The predicted molar refractivity (Wildman–Crippen MR) is 125 cm³/mol. The number of amides is 1. The Kier molecular flexibility index (Phi) is 11.3. The van der Waals surface area contributed by atoms with Crippen molar-refractivity contribution in [2.24, 2.45) is 17.4 Å². The molecule has 0 saturated heterocycles. The molecule has 0 saturated carbocycles. The van der Waals surface area contributed by atoms with Crippen LogP contribution in [0.2, 0.25) is 0 Å². The number of primary amides is 1. The van der Waals surface area contributed by atoms with Crippen LogP contribution in [0.4, 0.5) is 4.39 Å². The summed E-state index contributed by atoms with van der Waals surface area (Å²) in [5.74, 6) is -0.757. The van der Waals surface area contributed by atoms with Gasteiger partial charge in [0.05, 0.1) is 31.8 Å². The Morgan fingerprint density at radius 1 is 1.12 bits per heavy atom. The summed E-state index contributed by atoms with van der Waals surface area (Å²) >= 11 is 0. The number of carbonyl (C=O) groups excluding carboxylic acids is 1. The van der Waals surface area contributed by atoms with E-state index in [2.05, 4.69) is 0 Å². The highest BCUT2D eigenvalue weighted by Gasteiger charge is 2.21. The highest BCUT2D eigenvalue weighted by atomic mass is 19.1. The number of halogens is 1. The summed E-state index contributed by atoms with van der Waals surface area (Å²) < 4.78 is 30.1. The summed E-state index contributed by atoms with van der Waals surface area (Å²) in [4.78, 5) is 11.4. The molecular weight excluding hydrogens is 427 g/mol. The van der Waals surface area contributed by atoms with Crippen LogP contribution in [0, 0.1) is 11.7 Å². The van der Waals surface area contributed by atoms with Crippen LogP contribution < -0.4 is 16.2 Å². The van der Waals surface area contributed by atoms with Gasteiger partial charge in [0.15, 0.2) is 0 Å². The predicted octanol–water partition coefficient (Wildman–Crippen LogP) is 3.01. The van der Waals surface area contributed by atoms with Crippen LogP contribution in [0.3, 0.4) is 0 Å². The van der Waals surface area contributed by atoms with Gasteiger partial charge in [0.25, 0.3) is 0 Å². The molecule has 0 bridgehead atoms. The van der Waals surface area contributed by atoms with Gasteiger partial charge in [-0.15, -0.1) is 0 Å². The number of carbonyl (C=O) groups is 1. The molecule has 2 aromatic rings. The summed E-state index contributed by atoms with van der Waals surface area (Å²) in [6, 6.07) is 11.8. The number of aliphatic hydroxyl groups is 1. The smallest absolute Gasteiger partial charge is 0.223 e. The van der Waals surface area contributed by atoms with Crippen molar-refractivity contribution in [3.63, 3.8) is 0 Å². The monoisotopic (exact) mass is 462 g/mol. The number of methoxy groups -OCH3 is 1. The Hall–Kier alpha value is -2.52. The van der Waals surface area contributed by atoms with Crippen molar-refractivity contribution >= 4 is 5.91 Å². The third-order valence-electron chi connectivity index (χ3n) is 5.35. The second kappa shape index (κ2) is 13.9. The number of benzene rings is 2. The van der Waals surface area contributed by atoms with Gasteiger partial charge in [-0.3, -0.25) is 4.79 Å². The van der Waals surface area contributed by atoms with Crippen molar-refractivity contribution in [1.29, 1.82) is 0 Å². The number of ether oxygens (including phenoxy) is 3. The van der Waals surface area contributed by atoms with Gasteiger partial charge in [0.2, 0.25) is 5.91 Å². The molecule has 2 aromatic carbocycles. The summed E-state index contributed by atoms with van der Waals surface area (Å²) in [5.41, 5.74) is 14.0. The molecule has 8 heteroatoms. The minimum absolute atomic E-state index is 0.283. The fourth-order valence-electron chi connectivity index (χ4n) is 3.46. The van der Waals surface area contributed by atoms with E-state index in [-0.39, 0.29) is 11.9 Å². The molecule has 7 nitrogen and oxygen atoms in total. The number of aliphatic hydroxyl groups excluding tert-OH is 1. The molecule has 0 aliphatic heterocycles. The fraction of sp³-hybridized carbons (Fsp3) is 0.480. The van der Waals surface area contributed by atoms with E-state index in [0.717, 1.165) is 23.1 Å². The second-order valence-corrected chi connectivity index (χ2v) is 8.13. The highest BCUT2D eigenvalue weighted by molar-refractivity contribution is 5.77. The second-order valence-electron chi connectivity index (χ2n) is 8.13. The van der Waals surface area contributed by atoms with E-state index in [4.69, 9.17) is 25.7 Å². The molecule has 33 heavy (non-hydrogen) atoms. The van der Waals surface area contributed by atoms with Gasteiger partial charge < -0.3 is 30.8 Å². The lowest BCUT2D eigenvalue weighted by atomic mass is 9.95. The van der Waals surface area contributed by atoms with Gasteiger partial charge >= 0.3 is 0 Å². The standard InChI is InChI=1S/C25H35FN2O5/c1-17(29)22(25(28)30)11-9-21(27)16-32-15-18-4-10-23(19-5-7-20(26)8-6-19)24(14-18)33-13-3-12-31-2/h4-8,10,14,17,21-22,29H,3,9,11-13,15-16,27H2,1-2H3,(H2,28,30)/t17?,21?,22-/m0/s1. The lowest BCUT2D eigenvalue weighted by Crippen LogP contribution is -2.34. The van der Waals surface area contributed by atoms with Crippen molar-refractivity contribution < 1.29 is 28.5 Å². The van der Waals surface area contributed by atoms with E-state index < -0.39 is 17.9 Å². The Bertz CT molecular complexity index is 860. The normalized spacial score (nSPS) is 14.0. The molecule has 5 N–H and O–H groups in total.